The Balaban J connectivity index is 3.66. The van der Waals surface area contributed by atoms with Crippen LogP contribution in [0.25, 0.3) is 0 Å². The van der Waals surface area contributed by atoms with Crippen LogP contribution in [0.5, 0.6) is 0 Å². The number of aliphatic hydroxyl groups is 2. The van der Waals surface area contributed by atoms with Gasteiger partial charge in [0.2, 0.25) is 0 Å². The van der Waals surface area contributed by atoms with Gasteiger partial charge < -0.3 is 19.7 Å². The maximum Gasteiger partial charge on any atom is 0.333 e. The Morgan fingerprint density at radius 1 is 1.47 bits per heavy atom. The summed E-state index contributed by atoms with van der Waals surface area (Å²) in [6, 6.07) is 0. The van der Waals surface area contributed by atoms with Crippen LogP contribution >= 0.6 is 0 Å². The molecule has 2 unspecified atom stereocenters. The fourth-order valence-electron chi connectivity index (χ4n) is 0.621. The van der Waals surface area contributed by atoms with Crippen LogP contribution in [0.2, 0.25) is 0 Å². The Morgan fingerprint density at radius 3 is 2.53 bits per heavy atom. The van der Waals surface area contributed by atoms with Gasteiger partial charge in [0.1, 0.15) is 12.7 Å². The first-order valence-electron chi connectivity index (χ1n) is 4.40. The standard InChI is InChI=1S/C10H16O5/c1-4-9(12)14-5-8(11)6-15-10(13)7(2)3/h4,8-9,11-12H,1-2,5-6H2,3H3. The van der Waals surface area contributed by atoms with Crippen molar-refractivity contribution in [2.24, 2.45) is 0 Å². The molecule has 86 valence electrons. The fraction of sp³-hybridized carbons (Fsp3) is 0.500. The van der Waals surface area contributed by atoms with Crippen LogP contribution in [0, 0.1) is 0 Å². The Labute approximate surface area is 88.6 Å². The van der Waals surface area contributed by atoms with Crippen molar-refractivity contribution in [1.82, 2.24) is 0 Å². The molecule has 0 rings (SSSR count). The van der Waals surface area contributed by atoms with Gasteiger partial charge in [0.15, 0.2) is 6.29 Å². The van der Waals surface area contributed by atoms with E-state index >= 15 is 0 Å². The van der Waals surface area contributed by atoms with Crippen LogP contribution in [0.4, 0.5) is 0 Å². The number of hydrogen-bond acceptors (Lipinski definition) is 5. The van der Waals surface area contributed by atoms with Gasteiger partial charge in [-0.1, -0.05) is 13.2 Å². The van der Waals surface area contributed by atoms with Crippen molar-refractivity contribution in [1.29, 1.82) is 0 Å². The number of carbonyl (C=O) groups is 1. The lowest BCUT2D eigenvalue weighted by Gasteiger charge is -2.13. The van der Waals surface area contributed by atoms with Crippen LogP contribution in [0.15, 0.2) is 24.8 Å². The second-order valence-corrected chi connectivity index (χ2v) is 2.99. The highest BCUT2D eigenvalue weighted by Gasteiger charge is 2.10. The molecule has 5 heteroatoms. The fourth-order valence-corrected chi connectivity index (χ4v) is 0.621. The highest BCUT2D eigenvalue weighted by molar-refractivity contribution is 5.86. The molecular formula is C10H16O5. The van der Waals surface area contributed by atoms with Crippen molar-refractivity contribution in [3.05, 3.63) is 24.8 Å². The molecule has 2 N–H and O–H groups in total. The van der Waals surface area contributed by atoms with Crippen LogP contribution in [-0.4, -0.2) is 41.8 Å². The van der Waals surface area contributed by atoms with E-state index in [2.05, 4.69) is 17.9 Å². The first-order chi connectivity index (χ1) is 6.97. The van der Waals surface area contributed by atoms with Crippen LogP contribution in [0.3, 0.4) is 0 Å². The van der Waals surface area contributed by atoms with Crippen LogP contribution in [-0.2, 0) is 14.3 Å². The van der Waals surface area contributed by atoms with E-state index in [-0.39, 0.29) is 18.8 Å². The van der Waals surface area contributed by atoms with E-state index in [0.29, 0.717) is 0 Å². The largest absolute Gasteiger partial charge is 0.460 e. The van der Waals surface area contributed by atoms with Gasteiger partial charge in [0.05, 0.1) is 6.61 Å². The minimum absolute atomic E-state index is 0.142. The Kier molecular flexibility index (Phi) is 6.61. The van der Waals surface area contributed by atoms with E-state index in [1.54, 1.807) is 0 Å². The zero-order chi connectivity index (χ0) is 11.8. The van der Waals surface area contributed by atoms with Gasteiger partial charge in [-0.25, -0.2) is 4.79 Å². The van der Waals surface area contributed by atoms with Gasteiger partial charge in [-0.3, -0.25) is 0 Å². The molecule has 0 aromatic heterocycles. The highest BCUT2D eigenvalue weighted by atomic mass is 16.6. The molecular weight excluding hydrogens is 200 g/mol. The zero-order valence-electron chi connectivity index (χ0n) is 8.68. The third-order valence-electron chi connectivity index (χ3n) is 1.42. The first-order valence-corrected chi connectivity index (χ1v) is 4.40. The number of esters is 1. The third-order valence-corrected chi connectivity index (χ3v) is 1.42. The van der Waals surface area contributed by atoms with Gasteiger partial charge >= 0.3 is 5.97 Å². The normalized spacial score (nSPS) is 14.1. The molecule has 0 aromatic carbocycles. The summed E-state index contributed by atoms with van der Waals surface area (Å²) < 4.78 is 9.37. The lowest BCUT2D eigenvalue weighted by atomic mass is 10.3. The highest BCUT2D eigenvalue weighted by Crippen LogP contribution is 1.96. The maximum absolute atomic E-state index is 10.9. The summed E-state index contributed by atoms with van der Waals surface area (Å²) >= 11 is 0. The molecule has 0 bridgehead atoms. The van der Waals surface area contributed by atoms with Gasteiger partial charge in [-0.05, 0) is 13.0 Å². The predicted octanol–water partition coefficient (Wildman–Crippen LogP) is -0.0124. The summed E-state index contributed by atoms with van der Waals surface area (Å²) in [6.07, 6.45) is -0.938. The number of hydrogen-bond donors (Lipinski definition) is 2. The molecule has 0 radical (unpaired) electrons. The summed E-state index contributed by atoms with van der Waals surface area (Å²) in [5.41, 5.74) is 0.259. The van der Waals surface area contributed by atoms with Crippen molar-refractivity contribution < 1.29 is 24.5 Å². The summed E-state index contributed by atoms with van der Waals surface area (Å²) in [5.74, 6) is -0.571. The van der Waals surface area contributed by atoms with Crippen molar-refractivity contribution in [3.63, 3.8) is 0 Å². The SMILES string of the molecule is C=CC(O)OCC(O)COC(=O)C(=C)C. The summed E-state index contributed by atoms with van der Waals surface area (Å²) in [7, 11) is 0. The molecule has 2 atom stereocenters. The van der Waals surface area contributed by atoms with Crippen molar-refractivity contribution in [2.45, 2.75) is 19.3 Å². The zero-order valence-corrected chi connectivity index (χ0v) is 8.68. The Bertz CT molecular complexity index is 236. The molecule has 5 nitrogen and oxygen atoms in total. The summed E-state index contributed by atoms with van der Waals surface area (Å²) in [6.45, 7) is 7.83. The predicted molar refractivity (Wildman–Crippen MR) is 53.9 cm³/mol. The van der Waals surface area contributed by atoms with Gasteiger partial charge in [-0.15, -0.1) is 0 Å². The molecule has 0 aromatic rings. The van der Waals surface area contributed by atoms with E-state index in [9.17, 15) is 9.90 Å². The van der Waals surface area contributed by atoms with E-state index < -0.39 is 18.4 Å². The topological polar surface area (TPSA) is 76.0 Å². The quantitative estimate of drug-likeness (QED) is 0.271. The van der Waals surface area contributed by atoms with Crippen LogP contribution in [0.1, 0.15) is 6.92 Å². The van der Waals surface area contributed by atoms with E-state index in [1.165, 1.54) is 13.0 Å². The van der Waals surface area contributed by atoms with Crippen molar-refractivity contribution in [2.75, 3.05) is 13.2 Å². The minimum Gasteiger partial charge on any atom is -0.460 e. The summed E-state index contributed by atoms with van der Waals surface area (Å²) in [5, 5.41) is 18.1. The lowest BCUT2D eigenvalue weighted by molar-refractivity contribution is -0.145. The lowest BCUT2D eigenvalue weighted by Crippen LogP contribution is -2.26. The number of ether oxygens (including phenoxy) is 2. The third kappa shape index (κ3) is 6.84. The number of aliphatic hydroxyl groups excluding tert-OH is 2. The molecule has 0 aliphatic carbocycles. The Morgan fingerprint density at radius 2 is 2.07 bits per heavy atom. The van der Waals surface area contributed by atoms with E-state index in [0.717, 1.165) is 0 Å². The van der Waals surface area contributed by atoms with Gasteiger partial charge in [0, 0.05) is 5.57 Å². The molecule has 0 spiro atoms. The smallest absolute Gasteiger partial charge is 0.333 e. The van der Waals surface area contributed by atoms with Crippen LogP contribution < -0.4 is 0 Å². The molecule has 0 heterocycles. The molecule has 0 saturated heterocycles. The van der Waals surface area contributed by atoms with Gasteiger partial charge in [-0.2, -0.15) is 0 Å². The van der Waals surface area contributed by atoms with E-state index in [1.807, 2.05) is 0 Å². The minimum atomic E-state index is -1.13. The maximum atomic E-state index is 10.9. The molecule has 0 aliphatic heterocycles. The second kappa shape index (κ2) is 7.17. The Hall–Kier alpha value is -1.17. The monoisotopic (exact) mass is 216 g/mol. The van der Waals surface area contributed by atoms with Crippen molar-refractivity contribution in [3.8, 4) is 0 Å². The number of rotatable bonds is 7. The first kappa shape index (κ1) is 13.8. The van der Waals surface area contributed by atoms with E-state index in [4.69, 9.17) is 9.84 Å². The number of carbonyl (C=O) groups excluding carboxylic acids is 1. The average molecular weight is 216 g/mol. The molecule has 15 heavy (non-hydrogen) atoms. The molecule has 0 amide bonds. The second-order valence-electron chi connectivity index (χ2n) is 2.99. The molecule has 0 aliphatic rings. The molecule has 0 saturated carbocycles. The molecule has 0 fully saturated rings. The van der Waals surface area contributed by atoms with Gasteiger partial charge in [0.25, 0.3) is 0 Å². The average Bonchev–Trinajstić information content (AvgIpc) is 2.21. The van der Waals surface area contributed by atoms with Crippen molar-refractivity contribution >= 4 is 5.97 Å². The summed E-state index contributed by atoms with van der Waals surface area (Å²) in [4.78, 5) is 10.9.